The average Bonchev–Trinajstić information content (AvgIpc) is 3.64. The molecule has 0 spiro atoms. The number of nitrogens with two attached hydrogens (primary N) is 1. The quantitative estimate of drug-likeness (QED) is 0.253. The van der Waals surface area contributed by atoms with E-state index in [-0.39, 0.29) is 47.7 Å². The molecule has 2 aliphatic carbocycles. The van der Waals surface area contributed by atoms with Gasteiger partial charge in [-0.1, -0.05) is 17.9 Å². The van der Waals surface area contributed by atoms with Crippen LogP contribution in [0.25, 0.3) is 0 Å². The Labute approximate surface area is 248 Å². The maximum atomic E-state index is 13.7. The van der Waals surface area contributed by atoms with Crippen LogP contribution in [0.3, 0.4) is 0 Å². The van der Waals surface area contributed by atoms with Crippen molar-refractivity contribution in [3.8, 4) is 0 Å². The van der Waals surface area contributed by atoms with E-state index in [9.17, 15) is 26.3 Å². The van der Waals surface area contributed by atoms with E-state index in [1.807, 2.05) is 0 Å². The van der Waals surface area contributed by atoms with Gasteiger partial charge in [0.2, 0.25) is 0 Å². The summed E-state index contributed by atoms with van der Waals surface area (Å²) in [5.41, 5.74) is 10.9. The predicted molar refractivity (Wildman–Crippen MR) is 152 cm³/mol. The number of rotatable bonds is 8. The first-order valence-electron chi connectivity index (χ1n) is 14.2. The first-order chi connectivity index (χ1) is 19.3. The number of hydrogen-bond donors (Lipinski definition) is 2. The Morgan fingerprint density at radius 1 is 0.929 bits per heavy atom. The Bertz CT molecular complexity index is 1270. The molecular weight excluding hydrogens is 582 g/mol. The summed E-state index contributed by atoms with van der Waals surface area (Å²) < 4.78 is 81.7. The van der Waals surface area contributed by atoms with Gasteiger partial charge >= 0.3 is 18.3 Å². The number of quaternary nitrogens is 1. The van der Waals surface area contributed by atoms with Gasteiger partial charge in [0.05, 0.1) is 18.2 Å². The number of halogens is 7. The summed E-state index contributed by atoms with van der Waals surface area (Å²) in [6.07, 6.45) is -2.12. The Morgan fingerprint density at radius 3 is 2.05 bits per heavy atom. The van der Waals surface area contributed by atoms with E-state index in [1.165, 1.54) is 36.8 Å². The van der Waals surface area contributed by atoms with Crippen LogP contribution in [-0.2, 0) is 38.3 Å². The Balaban J connectivity index is 0.00000405. The molecule has 5 rings (SSSR count). The zero-order chi connectivity index (χ0) is 29.6. The van der Waals surface area contributed by atoms with Gasteiger partial charge in [0, 0.05) is 29.9 Å². The topological polar surface area (TPSA) is 56.9 Å². The molecule has 3 N–H and O–H groups in total. The molecule has 6 nitrogen and oxygen atoms in total. The summed E-state index contributed by atoms with van der Waals surface area (Å²) >= 11 is 0. The molecule has 2 aromatic carbocycles. The summed E-state index contributed by atoms with van der Waals surface area (Å²) in [7, 11) is 1.64. The van der Waals surface area contributed by atoms with Gasteiger partial charge in [-0.2, -0.15) is 36.5 Å². The predicted octanol–water partition coefficient (Wildman–Crippen LogP) is 6.76. The number of aryl methyl sites for hydroxylation is 2. The van der Waals surface area contributed by atoms with Crippen molar-refractivity contribution < 1.29 is 30.9 Å². The van der Waals surface area contributed by atoms with Crippen LogP contribution >= 0.6 is 12.4 Å². The molecule has 0 aromatic heterocycles. The number of hydrazine groups is 1. The maximum Gasteiger partial charge on any atom is 0.416 e. The van der Waals surface area contributed by atoms with E-state index in [2.05, 4.69) is 34.6 Å². The highest BCUT2D eigenvalue weighted by atomic mass is 35.5. The summed E-state index contributed by atoms with van der Waals surface area (Å²) in [6, 6.07) is 6.09. The van der Waals surface area contributed by atoms with Crippen LogP contribution in [-0.4, -0.2) is 35.8 Å². The summed E-state index contributed by atoms with van der Waals surface area (Å²) in [6.45, 7) is 3.75. The number of alkyl halides is 6. The molecule has 1 heterocycles. The van der Waals surface area contributed by atoms with Crippen molar-refractivity contribution >= 4 is 24.1 Å². The molecule has 0 radical (unpaired) electrons. The number of anilines is 1. The highest BCUT2D eigenvalue weighted by Gasteiger charge is 2.46. The van der Waals surface area contributed by atoms with Gasteiger partial charge < -0.3 is 10.6 Å². The molecule has 3 aliphatic rings. The number of nitrogens with one attached hydrogen (secondary N) is 1. The van der Waals surface area contributed by atoms with Gasteiger partial charge in [-0.3, -0.25) is 0 Å². The van der Waals surface area contributed by atoms with Crippen LogP contribution < -0.4 is 16.2 Å². The van der Waals surface area contributed by atoms with Crippen molar-refractivity contribution in [2.75, 3.05) is 25.0 Å². The number of hydrazone groups is 1. The Kier molecular flexibility index (Phi) is 9.30. The molecule has 42 heavy (non-hydrogen) atoms. The lowest BCUT2D eigenvalue weighted by molar-refractivity contribution is -0.981. The lowest BCUT2D eigenvalue weighted by Gasteiger charge is -2.38. The van der Waals surface area contributed by atoms with E-state index in [0.29, 0.717) is 5.92 Å². The first kappa shape index (κ1) is 32.2. The SMILES string of the molecule is CCN(CC1CCCC1)c1cc2c(cc1C[N+]1(Cc3cc(C(F)(F)F)cc(C(F)(F)F)c3)C(N)=NNN1C)CCC2.Cl. The van der Waals surface area contributed by atoms with Gasteiger partial charge in [-0.25, -0.2) is 0 Å². The zero-order valence-corrected chi connectivity index (χ0v) is 24.6. The zero-order valence-electron chi connectivity index (χ0n) is 23.8. The summed E-state index contributed by atoms with van der Waals surface area (Å²) in [5.74, 6) is 0.650. The maximum absolute atomic E-state index is 13.7. The van der Waals surface area contributed by atoms with Crippen molar-refractivity contribution in [3.05, 3.63) is 63.7 Å². The molecule has 1 aliphatic heterocycles. The smallest absolute Gasteiger partial charge is 0.371 e. The van der Waals surface area contributed by atoms with E-state index in [4.69, 9.17) is 5.73 Å². The molecule has 232 valence electrons. The lowest BCUT2D eigenvalue weighted by atomic mass is 10.00. The number of benzene rings is 2. The van der Waals surface area contributed by atoms with Crippen molar-refractivity contribution in [1.82, 2.24) is 10.7 Å². The second-order valence-electron chi connectivity index (χ2n) is 11.5. The van der Waals surface area contributed by atoms with Crippen molar-refractivity contribution in [2.24, 2.45) is 16.8 Å². The van der Waals surface area contributed by atoms with Crippen LogP contribution in [0.2, 0.25) is 0 Å². The normalized spacial score (nSPS) is 21.2. The van der Waals surface area contributed by atoms with Gasteiger partial charge in [0.15, 0.2) is 0 Å². The summed E-state index contributed by atoms with van der Waals surface area (Å²) in [4.78, 5) is 2.36. The van der Waals surface area contributed by atoms with E-state index >= 15 is 0 Å². The minimum Gasteiger partial charge on any atom is -0.371 e. The molecule has 1 unspecified atom stereocenters. The second-order valence-corrected chi connectivity index (χ2v) is 11.5. The Morgan fingerprint density at radius 2 is 1.52 bits per heavy atom. The van der Waals surface area contributed by atoms with Crippen LogP contribution in [0.5, 0.6) is 0 Å². The summed E-state index contributed by atoms with van der Waals surface area (Å²) in [5, 5.41) is 5.69. The second kappa shape index (κ2) is 12.1. The van der Waals surface area contributed by atoms with Crippen LogP contribution in [0.1, 0.15) is 72.4 Å². The van der Waals surface area contributed by atoms with Gasteiger partial charge in [-0.05, 0) is 91.5 Å². The van der Waals surface area contributed by atoms with Crippen LogP contribution in [0, 0.1) is 5.92 Å². The van der Waals surface area contributed by atoms with Crippen molar-refractivity contribution in [3.63, 3.8) is 0 Å². The Hall–Kier alpha value is -2.70. The first-order valence-corrected chi connectivity index (χ1v) is 14.2. The fourth-order valence-corrected chi connectivity index (χ4v) is 6.57. The molecule has 1 atom stereocenters. The minimum absolute atomic E-state index is 0. The number of nitrogens with zero attached hydrogens (tertiary/aromatic N) is 4. The van der Waals surface area contributed by atoms with Gasteiger partial charge in [-0.15, -0.1) is 12.4 Å². The number of fused-ring (bicyclic) bond motifs is 1. The van der Waals surface area contributed by atoms with Gasteiger partial charge in [0.1, 0.15) is 13.1 Å². The van der Waals surface area contributed by atoms with E-state index in [0.717, 1.165) is 55.7 Å². The number of guanidine groups is 1. The largest absolute Gasteiger partial charge is 0.416 e. The molecule has 1 saturated carbocycles. The minimum atomic E-state index is -4.94. The monoisotopic (exact) mass is 619 g/mol. The third-order valence-electron chi connectivity index (χ3n) is 8.80. The molecular formula is C29H38ClF6N6+. The van der Waals surface area contributed by atoms with Crippen molar-refractivity contribution in [2.45, 2.75) is 77.3 Å². The van der Waals surface area contributed by atoms with Crippen LogP contribution in [0.15, 0.2) is 35.4 Å². The van der Waals surface area contributed by atoms with E-state index < -0.39 is 23.5 Å². The molecule has 2 aromatic rings. The third kappa shape index (κ3) is 6.45. The third-order valence-corrected chi connectivity index (χ3v) is 8.80. The molecule has 0 bridgehead atoms. The fraction of sp³-hybridized carbons (Fsp3) is 0.552. The van der Waals surface area contributed by atoms with E-state index in [1.54, 1.807) is 12.2 Å². The highest BCUT2D eigenvalue weighted by Crippen LogP contribution is 2.39. The molecule has 0 saturated heterocycles. The van der Waals surface area contributed by atoms with Crippen LogP contribution in [0.4, 0.5) is 32.0 Å². The highest BCUT2D eigenvalue weighted by molar-refractivity contribution is 5.85. The van der Waals surface area contributed by atoms with Crippen molar-refractivity contribution in [1.29, 1.82) is 0 Å². The lowest BCUT2D eigenvalue weighted by Crippen LogP contribution is -2.61. The molecule has 13 heteroatoms. The average molecular weight is 620 g/mol. The standard InChI is InChI=1S/C29H37F6N6.ClH/c1-3-40(16-19-7-4-5-8-19)26-14-22-10-6-9-21(22)13-23(26)18-41(27(36)37-38-39(41)2)17-20-11-24(28(30,31)32)15-25(12-20)29(33,34)35;/h11-15,19,38H,3-10,16-18H2,1-2H3,(H2,36,37);1H/q+1;. The molecule has 0 amide bonds. The number of hydrogen-bond acceptors (Lipinski definition) is 5. The van der Waals surface area contributed by atoms with Gasteiger partial charge in [0.25, 0.3) is 0 Å². The fourth-order valence-electron chi connectivity index (χ4n) is 6.57. The molecule has 1 fully saturated rings.